The third-order valence-electron chi connectivity index (χ3n) is 3.02. The monoisotopic (exact) mass is 225 g/mol. The Morgan fingerprint density at radius 3 is 2.06 bits per heavy atom. The molecule has 2 aromatic carbocycles. The summed E-state index contributed by atoms with van der Waals surface area (Å²) in [5.41, 5.74) is 13.4. The second kappa shape index (κ2) is 4.72. The average Bonchev–Trinajstić information content (AvgIpc) is 2.27. The van der Waals surface area contributed by atoms with Crippen molar-refractivity contribution in [3.05, 3.63) is 58.7 Å². The van der Waals surface area contributed by atoms with Crippen LogP contribution >= 0.6 is 0 Å². The summed E-state index contributed by atoms with van der Waals surface area (Å²) in [6, 6.07) is 13.1. The first-order chi connectivity index (χ1) is 8.10. The topological polar surface area (TPSA) is 26.0 Å². The molecule has 0 aromatic heterocycles. The highest BCUT2D eigenvalue weighted by Gasteiger charge is 2.05. The van der Waals surface area contributed by atoms with Crippen molar-refractivity contribution in [2.75, 3.05) is 0 Å². The molecule has 0 saturated carbocycles. The van der Waals surface area contributed by atoms with Gasteiger partial charge in [0.1, 0.15) is 0 Å². The molecule has 2 N–H and O–H groups in total. The summed E-state index contributed by atoms with van der Waals surface area (Å²) in [6.45, 7) is 6.97. The molecule has 0 aliphatic carbocycles. The van der Waals surface area contributed by atoms with Crippen molar-refractivity contribution in [3.8, 4) is 11.1 Å². The van der Waals surface area contributed by atoms with E-state index in [-0.39, 0.29) is 0 Å². The number of rotatable bonds is 2. The van der Waals surface area contributed by atoms with E-state index in [4.69, 9.17) is 5.73 Å². The lowest BCUT2D eigenvalue weighted by Gasteiger charge is -2.11. The molecule has 1 heteroatoms. The Morgan fingerprint density at radius 2 is 1.47 bits per heavy atom. The molecule has 0 atom stereocenters. The molecule has 0 radical (unpaired) electrons. The zero-order chi connectivity index (χ0) is 12.4. The van der Waals surface area contributed by atoms with Gasteiger partial charge in [-0.1, -0.05) is 53.1 Å². The highest BCUT2D eigenvalue weighted by atomic mass is 14.5. The SMILES string of the molecule is Cc1cc(C)cc(-c2cc(C)ccc2CN)c1. The van der Waals surface area contributed by atoms with Crippen molar-refractivity contribution in [2.45, 2.75) is 27.3 Å². The van der Waals surface area contributed by atoms with Gasteiger partial charge in [-0.15, -0.1) is 0 Å². The van der Waals surface area contributed by atoms with Gasteiger partial charge in [0.25, 0.3) is 0 Å². The van der Waals surface area contributed by atoms with E-state index in [9.17, 15) is 0 Å². The molecule has 2 aromatic rings. The van der Waals surface area contributed by atoms with Crippen molar-refractivity contribution in [1.29, 1.82) is 0 Å². The number of nitrogens with two attached hydrogens (primary N) is 1. The van der Waals surface area contributed by atoms with Gasteiger partial charge in [-0.05, 0) is 37.5 Å². The zero-order valence-corrected chi connectivity index (χ0v) is 10.7. The molecule has 0 bridgehead atoms. The first-order valence-corrected chi connectivity index (χ1v) is 5.98. The highest BCUT2D eigenvalue weighted by molar-refractivity contribution is 5.69. The van der Waals surface area contributed by atoms with Crippen LogP contribution in [-0.2, 0) is 6.54 Å². The second-order valence-corrected chi connectivity index (χ2v) is 4.74. The summed E-state index contributed by atoms with van der Waals surface area (Å²) in [5, 5.41) is 0. The second-order valence-electron chi connectivity index (χ2n) is 4.74. The van der Waals surface area contributed by atoms with Crippen LogP contribution in [0.4, 0.5) is 0 Å². The Bertz CT molecular complexity index is 521. The Balaban J connectivity index is 2.62. The lowest BCUT2D eigenvalue weighted by atomic mass is 9.95. The molecule has 0 aliphatic heterocycles. The number of aryl methyl sites for hydroxylation is 3. The molecule has 0 heterocycles. The van der Waals surface area contributed by atoms with Crippen LogP contribution in [0.1, 0.15) is 22.3 Å². The molecular formula is C16H19N. The molecule has 0 spiro atoms. The molecule has 0 unspecified atom stereocenters. The minimum Gasteiger partial charge on any atom is -0.326 e. The van der Waals surface area contributed by atoms with Crippen LogP contribution in [0.25, 0.3) is 11.1 Å². The summed E-state index contributed by atoms with van der Waals surface area (Å²) in [7, 11) is 0. The van der Waals surface area contributed by atoms with Crippen molar-refractivity contribution >= 4 is 0 Å². The van der Waals surface area contributed by atoms with E-state index < -0.39 is 0 Å². The van der Waals surface area contributed by atoms with Gasteiger partial charge in [0, 0.05) is 6.54 Å². The summed E-state index contributed by atoms with van der Waals surface area (Å²) >= 11 is 0. The summed E-state index contributed by atoms with van der Waals surface area (Å²) in [4.78, 5) is 0. The fraction of sp³-hybridized carbons (Fsp3) is 0.250. The molecular weight excluding hydrogens is 206 g/mol. The van der Waals surface area contributed by atoms with Crippen LogP contribution < -0.4 is 5.73 Å². The molecule has 88 valence electrons. The van der Waals surface area contributed by atoms with Gasteiger partial charge >= 0.3 is 0 Å². The number of benzene rings is 2. The standard InChI is InChI=1S/C16H19N/c1-11-4-5-14(10-17)16(9-11)15-7-12(2)6-13(3)8-15/h4-9H,10,17H2,1-3H3. The zero-order valence-electron chi connectivity index (χ0n) is 10.7. The minimum absolute atomic E-state index is 0.586. The molecule has 0 amide bonds. The van der Waals surface area contributed by atoms with Crippen molar-refractivity contribution < 1.29 is 0 Å². The first kappa shape index (κ1) is 11.9. The number of hydrogen-bond acceptors (Lipinski definition) is 1. The van der Waals surface area contributed by atoms with Gasteiger partial charge in [-0.3, -0.25) is 0 Å². The first-order valence-electron chi connectivity index (χ1n) is 5.98. The van der Waals surface area contributed by atoms with Crippen molar-refractivity contribution in [3.63, 3.8) is 0 Å². The van der Waals surface area contributed by atoms with Gasteiger partial charge in [0.2, 0.25) is 0 Å². The van der Waals surface area contributed by atoms with Crippen LogP contribution in [0, 0.1) is 20.8 Å². The quantitative estimate of drug-likeness (QED) is 0.828. The van der Waals surface area contributed by atoms with Gasteiger partial charge in [-0.25, -0.2) is 0 Å². The molecule has 1 nitrogen and oxygen atoms in total. The maximum absolute atomic E-state index is 5.81. The predicted octanol–water partition coefficient (Wildman–Crippen LogP) is 3.74. The van der Waals surface area contributed by atoms with E-state index in [2.05, 4.69) is 57.2 Å². The lowest BCUT2D eigenvalue weighted by molar-refractivity contribution is 1.07. The maximum Gasteiger partial charge on any atom is 0.0184 e. The van der Waals surface area contributed by atoms with E-state index >= 15 is 0 Å². The van der Waals surface area contributed by atoms with Gasteiger partial charge in [-0.2, -0.15) is 0 Å². The molecule has 2 rings (SSSR count). The fourth-order valence-corrected chi connectivity index (χ4v) is 2.27. The Hall–Kier alpha value is -1.60. The van der Waals surface area contributed by atoms with Crippen molar-refractivity contribution in [1.82, 2.24) is 0 Å². The van der Waals surface area contributed by atoms with E-state index in [0.717, 1.165) is 0 Å². The van der Waals surface area contributed by atoms with Gasteiger partial charge < -0.3 is 5.73 Å². The van der Waals surface area contributed by atoms with Crippen LogP contribution in [0.15, 0.2) is 36.4 Å². The molecule has 0 fully saturated rings. The normalized spacial score (nSPS) is 10.6. The maximum atomic E-state index is 5.81. The Labute approximate surface area is 103 Å². The Kier molecular flexibility index (Phi) is 3.30. The molecule has 17 heavy (non-hydrogen) atoms. The van der Waals surface area contributed by atoms with Crippen LogP contribution in [0.3, 0.4) is 0 Å². The van der Waals surface area contributed by atoms with Gasteiger partial charge in [0.05, 0.1) is 0 Å². The smallest absolute Gasteiger partial charge is 0.0184 e. The predicted molar refractivity (Wildman–Crippen MR) is 74.0 cm³/mol. The van der Waals surface area contributed by atoms with E-state index in [1.807, 2.05) is 0 Å². The van der Waals surface area contributed by atoms with Crippen LogP contribution in [0.2, 0.25) is 0 Å². The van der Waals surface area contributed by atoms with Crippen LogP contribution in [0.5, 0.6) is 0 Å². The van der Waals surface area contributed by atoms with Crippen LogP contribution in [-0.4, -0.2) is 0 Å². The fourth-order valence-electron chi connectivity index (χ4n) is 2.27. The highest BCUT2D eigenvalue weighted by Crippen LogP contribution is 2.26. The number of hydrogen-bond donors (Lipinski definition) is 1. The van der Waals surface area contributed by atoms with E-state index in [0.29, 0.717) is 6.54 Å². The lowest BCUT2D eigenvalue weighted by Crippen LogP contribution is -1.99. The summed E-state index contributed by atoms with van der Waals surface area (Å²) in [6.07, 6.45) is 0. The van der Waals surface area contributed by atoms with Gasteiger partial charge in [0.15, 0.2) is 0 Å². The average molecular weight is 225 g/mol. The van der Waals surface area contributed by atoms with E-state index in [1.54, 1.807) is 0 Å². The minimum atomic E-state index is 0.586. The third kappa shape index (κ3) is 2.56. The summed E-state index contributed by atoms with van der Waals surface area (Å²) < 4.78 is 0. The Morgan fingerprint density at radius 1 is 0.824 bits per heavy atom. The summed E-state index contributed by atoms with van der Waals surface area (Å²) in [5.74, 6) is 0. The third-order valence-corrected chi connectivity index (χ3v) is 3.02. The largest absolute Gasteiger partial charge is 0.326 e. The molecule has 0 saturated heterocycles. The van der Waals surface area contributed by atoms with E-state index in [1.165, 1.54) is 33.4 Å². The van der Waals surface area contributed by atoms with Crippen molar-refractivity contribution in [2.24, 2.45) is 5.73 Å². The molecule has 0 aliphatic rings.